The lowest BCUT2D eigenvalue weighted by atomic mass is 10.1. The van der Waals surface area contributed by atoms with Crippen LogP contribution in [0.3, 0.4) is 0 Å². The molecule has 0 amide bonds. The molecule has 16 nitrogen and oxygen atoms in total. The molecule has 4 aromatic carbocycles. The summed E-state index contributed by atoms with van der Waals surface area (Å²) in [4.78, 5) is 26.8. The summed E-state index contributed by atoms with van der Waals surface area (Å²) in [7, 11) is -6.98. The fourth-order valence-electron chi connectivity index (χ4n) is 6.26. The molecule has 3 fully saturated rings. The third-order valence-electron chi connectivity index (χ3n) is 9.36. The van der Waals surface area contributed by atoms with Gasteiger partial charge in [0.1, 0.15) is 47.2 Å². The summed E-state index contributed by atoms with van der Waals surface area (Å²) in [6, 6.07) is 19.4. The van der Waals surface area contributed by atoms with Gasteiger partial charge in [0.15, 0.2) is 0 Å². The largest absolute Gasteiger partial charge is 0.488 e. The third kappa shape index (κ3) is 9.37. The Hall–Kier alpha value is -5.54. The number of nitrogens with one attached hydrogen (secondary N) is 2. The number of esters is 1. The zero-order valence-corrected chi connectivity index (χ0v) is 31.8. The van der Waals surface area contributed by atoms with E-state index < -0.39 is 56.2 Å². The number of carbonyl (C=O) groups excluding carboxylic acids is 1. The van der Waals surface area contributed by atoms with E-state index in [1.807, 2.05) is 4.90 Å². The third-order valence-corrected chi connectivity index (χ3v) is 12.3. The summed E-state index contributed by atoms with van der Waals surface area (Å²) in [6.45, 7) is 1.37. The number of nitrogens with zero attached hydrogens (tertiary/aromatic N) is 3. The van der Waals surface area contributed by atoms with Crippen molar-refractivity contribution in [3.8, 4) is 17.2 Å². The normalized spacial score (nSPS) is 17.1. The predicted octanol–water partition coefficient (Wildman–Crippen LogP) is 3.55. The van der Waals surface area contributed by atoms with Crippen LogP contribution in [-0.2, 0) is 31.7 Å². The topological polar surface area (TPSA) is 193 Å². The first-order valence-corrected chi connectivity index (χ1v) is 20.4. The number of carboxylic acids is 1. The second-order valence-corrected chi connectivity index (χ2v) is 16.9. The van der Waals surface area contributed by atoms with Crippen LogP contribution in [0.15, 0.2) is 84.9 Å². The average molecular weight is 830 g/mol. The smallest absolute Gasteiger partial charge is 0.340 e. The summed E-state index contributed by atoms with van der Waals surface area (Å²) in [5.74, 6) is -1.93. The van der Waals surface area contributed by atoms with E-state index in [2.05, 4.69) is 9.44 Å². The first kappa shape index (κ1) is 39.7. The van der Waals surface area contributed by atoms with E-state index in [9.17, 15) is 40.3 Å². The van der Waals surface area contributed by atoms with Crippen LogP contribution in [0.1, 0.15) is 26.3 Å². The predicted molar refractivity (Wildman–Crippen MR) is 201 cm³/mol. The maximum absolute atomic E-state index is 13.2. The summed E-state index contributed by atoms with van der Waals surface area (Å²) in [5, 5.41) is 9.86. The molecule has 3 saturated heterocycles. The molecule has 302 valence electrons. The molecular weight excluding hydrogens is 793 g/mol. The molecule has 0 unspecified atom stereocenters. The molecular formula is C37H37F2N5O11S2. The van der Waals surface area contributed by atoms with E-state index in [1.165, 1.54) is 86.0 Å². The van der Waals surface area contributed by atoms with Crippen molar-refractivity contribution in [2.45, 2.75) is 24.9 Å². The maximum Gasteiger partial charge on any atom is 0.340 e. The molecule has 0 bridgehead atoms. The van der Waals surface area contributed by atoms with E-state index in [4.69, 9.17) is 18.9 Å². The molecule has 3 heterocycles. The molecule has 4 aromatic rings. The fourth-order valence-corrected chi connectivity index (χ4v) is 8.88. The Labute approximate surface area is 326 Å². The van der Waals surface area contributed by atoms with Crippen LogP contribution in [0, 0.1) is 11.6 Å². The fraction of sp³-hybridized carbons (Fsp3) is 0.297. The molecule has 57 heavy (non-hydrogen) atoms. The van der Waals surface area contributed by atoms with Gasteiger partial charge < -0.3 is 24.1 Å². The van der Waals surface area contributed by atoms with Gasteiger partial charge in [-0.05, 0) is 84.4 Å². The Balaban J connectivity index is 0.902. The molecule has 0 aromatic heterocycles. The number of carbonyl (C=O) groups is 2. The maximum atomic E-state index is 13.2. The molecule has 7 rings (SSSR count). The molecule has 0 aliphatic carbocycles. The minimum atomic E-state index is -4.11. The Morgan fingerprint density at radius 2 is 1.09 bits per heavy atom. The quantitative estimate of drug-likeness (QED) is 0.139. The Kier molecular flexibility index (Phi) is 11.2. The van der Waals surface area contributed by atoms with Crippen LogP contribution in [-0.4, -0.2) is 112 Å². The van der Waals surface area contributed by atoms with Crippen molar-refractivity contribution >= 4 is 43.7 Å². The number of anilines is 2. The summed E-state index contributed by atoms with van der Waals surface area (Å²) < 4.78 is 108. The Morgan fingerprint density at radius 3 is 1.58 bits per heavy atom. The lowest BCUT2D eigenvalue weighted by molar-refractivity contribution is 0.0144. The highest BCUT2D eigenvalue weighted by atomic mass is 32.2. The van der Waals surface area contributed by atoms with Gasteiger partial charge in [0, 0.05) is 19.6 Å². The lowest BCUT2D eigenvalue weighted by Gasteiger charge is -2.39. The molecule has 3 N–H and O–H groups in total. The minimum absolute atomic E-state index is 0.00991. The summed E-state index contributed by atoms with van der Waals surface area (Å²) in [6.07, 6.45) is -1.21. The van der Waals surface area contributed by atoms with Crippen molar-refractivity contribution in [3.05, 3.63) is 113 Å². The number of hydrogen-bond acceptors (Lipinski definition) is 11. The van der Waals surface area contributed by atoms with Crippen molar-refractivity contribution in [2.75, 3.05) is 55.8 Å². The number of likely N-dealkylation sites (tertiary alicyclic amines) is 1. The zero-order chi connectivity index (χ0) is 40.5. The van der Waals surface area contributed by atoms with Gasteiger partial charge in [-0.2, -0.15) is 25.4 Å². The average Bonchev–Trinajstić information content (AvgIpc) is 3.11. The van der Waals surface area contributed by atoms with Crippen LogP contribution in [0.4, 0.5) is 20.2 Å². The molecule has 0 saturated carbocycles. The summed E-state index contributed by atoms with van der Waals surface area (Å²) in [5.41, 5.74) is 0.267. The van der Waals surface area contributed by atoms with Crippen molar-refractivity contribution in [3.63, 3.8) is 0 Å². The molecule has 20 heteroatoms. The molecule has 0 radical (unpaired) electrons. The van der Waals surface area contributed by atoms with E-state index in [0.717, 1.165) is 8.61 Å². The zero-order valence-electron chi connectivity index (χ0n) is 30.2. The van der Waals surface area contributed by atoms with Crippen LogP contribution in [0.2, 0.25) is 0 Å². The standard InChI is InChI=1S/C37H37F2N5O11S2/c1-52-37(47)33-14-23(2-12-35(33)41-57(50,51)44-21-31(22-44)54-27-9-5-25(39)6-10-27)16-42-17-29(18-42)55-28-11-13-34(32(15-28)36(45)46)40-56(48,49)43-19-30(20-43)53-26-7-3-24(38)4-8-26/h2-15,29-31,40-41H,16-22H2,1H3,(H,45,46). The van der Waals surface area contributed by atoms with Crippen LogP contribution >= 0.6 is 0 Å². The van der Waals surface area contributed by atoms with Gasteiger partial charge in [-0.3, -0.25) is 14.3 Å². The number of rotatable bonds is 16. The number of hydrogen-bond donors (Lipinski definition) is 3. The first-order valence-electron chi connectivity index (χ1n) is 17.5. The number of aromatic carboxylic acids is 1. The molecule has 3 aliphatic heterocycles. The van der Waals surface area contributed by atoms with Gasteiger partial charge in [-0.15, -0.1) is 0 Å². The van der Waals surface area contributed by atoms with Gasteiger partial charge in [0.2, 0.25) is 0 Å². The van der Waals surface area contributed by atoms with Crippen molar-refractivity contribution in [2.24, 2.45) is 0 Å². The summed E-state index contributed by atoms with van der Waals surface area (Å²) >= 11 is 0. The van der Waals surface area contributed by atoms with Crippen molar-refractivity contribution < 1.29 is 59.3 Å². The highest BCUT2D eigenvalue weighted by Crippen LogP contribution is 2.30. The van der Waals surface area contributed by atoms with E-state index in [0.29, 0.717) is 36.7 Å². The van der Waals surface area contributed by atoms with E-state index in [-0.39, 0.29) is 60.5 Å². The highest BCUT2D eigenvalue weighted by molar-refractivity contribution is 7.90. The number of carboxylic acid groups (broad SMARTS) is 1. The van der Waals surface area contributed by atoms with Gasteiger partial charge >= 0.3 is 32.4 Å². The molecule has 0 spiro atoms. The van der Waals surface area contributed by atoms with Gasteiger partial charge in [-0.25, -0.2) is 18.4 Å². The van der Waals surface area contributed by atoms with Crippen molar-refractivity contribution in [1.82, 2.24) is 13.5 Å². The number of benzene rings is 4. The molecule has 3 aliphatic rings. The van der Waals surface area contributed by atoms with Gasteiger partial charge in [-0.1, -0.05) is 6.07 Å². The SMILES string of the molecule is COC(=O)c1cc(CN2CC(Oc3ccc(NS(=O)(=O)N4CC(Oc5ccc(F)cc5)C4)c(C(=O)O)c3)C2)ccc1NS(=O)(=O)N1CC(Oc2ccc(F)cc2)C1. The molecule has 0 atom stereocenters. The van der Waals surface area contributed by atoms with Gasteiger partial charge in [0.25, 0.3) is 0 Å². The van der Waals surface area contributed by atoms with Crippen molar-refractivity contribution in [1.29, 1.82) is 0 Å². The van der Waals surface area contributed by atoms with E-state index >= 15 is 0 Å². The van der Waals surface area contributed by atoms with E-state index in [1.54, 1.807) is 6.07 Å². The van der Waals surface area contributed by atoms with Gasteiger partial charge in [0.05, 0.1) is 55.8 Å². The monoisotopic (exact) mass is 829 g/mol. The van der Waals surface area contributed by atoms with Crippen LogP contribution in [0.5, 0.6) is 17.2 Å². The first-order chi connectivity index (χ1) is 27.1. The number of methoxy groups -OCH3 is 1. The Morgan fingerprint density at radius 1 is 0.649 bits per heavy atom. The lowest BCUT2D eigenvalue weighted by Crippen LogP contribution is -2.57. The number of ether oxygens (including phenoxy) is 4. The number of halogens is 2. The van der Waals surface area contributed by atoms with Crippen LogP contribution < -0.4 is 23.7 Å². The Bertz CT molecular complexity index is 2350. The second-order valence-electron chi connectivity index (χ2n) is 13.6. The van der Waals surface area contributed by atoms with Crippen LogP contribution in [0.25, 0.3) is 0 Å². The second kappa shape index (κ2) is 16.1. The highest BCUT2D eigenvalue weighted by Gasteiger charge is 2.39. The minimum Gasteiger partial charge on any atom is -0.488 e.